The quantitative estimate of drug-likeness (QED) is 0.625. The Kier molecular flexibility index (Phi) is 8.07. The van der Waals surface area contributed by atoms with Crippen molar-refractivity contribution in [3.8, 4) is 0 Å². The largest absolute Gasteiger partial charge is 0.355 e. The van der Waals surface area contributed by atoms with Gasteiger partial charge >= 0.3 is 0 Å². The Morgan fingerprint density at radius 1 is 1.16 bits per heavy atom. The summed E-state index contributed by atoms with van der Waals surface area (Å²) in [4.78, 5) is 14.3. The van der Waals surface area contributed by atoms with E-state index in [1.54, 1.807) is 0 Å². The van der Waals surface area contributed by atoms with Gasteiger partial charge in [0.05, 0.1) is 6.04 Å². The lowest BCUT2D eigenvalue weighted by Gasteiger charge is -2.17. The topological polar surface area (TPSA) is 44.4 Å². The van der Waals surface area contributed by atoms with Gasteiger partial charge in [0.15, 0.2) is 0 Å². The maximum atomic E-state index is 11.8. The van der Waals surface area contributed by atoms with Crippen molar-refractivity contribution in [2.45, 2.75) is 52.5 Å². The van der Waals surface area contributed by atoms with Crippen LogP contribution in [-0.2, 0) is 4.79 Å². The molecule has 1 amide bonds. The van der Waals surface area contributed by atoms with E-state index in [2.05, 4.69) is 29.4 Å². The number of amides is 1. The predicted molar refractivity (Wildman–Crippen MR) is 80.2 cm³/mol. The molecule has 112 valence electrons. The normalized spacial score (nSPS) is 17.9. The first kappa shape index (κ1) is 16.4. The van der Waals surface area contributed by atoms with E-state index in [0.29, 0.717) is 5.92 Å². The number of hydrogen-bond acceptors (Lipinski definition) is 3. The van der Waals surface area contributed by atoms with Crippen molar-refractivity contribution in [2.24, 2.45) is 5.92 Å². The van der Waals surface area contributed by atoms with E-state index in [1.807, 2.05) is 6.92 Å². The maximum absolute atomic E-state index is 11.8. The van der Waals surface area contributed by atoms with Crippen LogP contribution in [0, 0.1) is 5.92 Å². The molecule has 1 rings (SSSR count). The monoisotopic (exact) mass is 269 g/mol. The van der Waals surface area contributed by atoms with E-state index in [4.69, 9.17) is 0 Å². The van der Waals surface area contributed by atoms with Crippen LogP contribution in [0.4, 0.5) is 0 Å². The predicted octanol–water partition coefficient (Wildman–Crippen LogP) is 1.61. The van der Waals surface area contributed by atoms with Crippen LogP contribution in [0.25, 0.3) is 0 Å². The Hall–Kier alpha value is -0.610. The molecule has 19 heavy (non-hydrogen) atoms. The molecule has 1 fully saturated rings. The van der Waals surface area contributed by atoms with Gasteiger partial charge in [0.1, 0.15) is 0 Å². The average Bonchev–Trinajstić information content (AvgIpc) is 2.86. The molecule has 0 aromatic heterocycles. The molecule has 0 radical (unpaired) electrons. The molecule has 4 heteroatoms. The van der Waals surface area contributed by atoms with Crippen LogP contribution < -0.4 is 10.6 Å². The molecule has 0 aliphatic carbocycles. The van der Waals surface area contributed by atoms with Gasteiger partial charge in [0, 0.05) is 6.54 Å². The van der Waals surface area contributed by atoms with E-state index in [1.165, 1.54) is 25.9 Å². The Bertz CT molecular complexity index is 250. The molecule has 1 heterocycles. The highest BCUT2D eigenvalue weighted by molar-refractivity contribution is 5.81. The molecule has 1 unspecified atom stereocenters. The average molecular weight is 269 g/mol. The van der Waals surface area contributed by atoms with Gasteiger partial charge in [0.25, 0.3) is 0 Å². The van der Waals surface area contributed by atoms with Crippen molar-refractivity contribution in [3.05, 3.63) is 0 Å². The van der Waals surface area contributed by atoms with E-state index < -0.39 is 0 Å². The SMILES string of the molecule is CC(C)CCNC(=O)C(C)NCCCN1CCCC1. The van der Waals surface area contributed by atoms with Crippen molar-refractivity contribution in [1.82, 2.24) is 15.5 Å². The van der Waals surface area contributed by atoms with E-state index in [-0.39, 0.29) is 11.9 Å². The van der Waals surface area contributed by atoms with Crippen LogP contribution >= 0.6 is 0 Å². The van der Waals surface area contributed by atoms with Crippen molar-refractivity contribution in [2.75, 3.05) is 32.7 Å². The van der Waals surface area contributed by atoms with Gasteiger partial charge in [-0.2, -0.15) is 0 Å². The fourth-order valence-corrected chi connectivity index (χ4v) is 2.36. The van der Waals surface area contributed by atoms with E-state index in [9.17, 15) is 4.79 Å². The summed E-state index contributed by atoms with van der Waals surface area (Å²) in [6, 6.07) is -0.0780. The number of likely N-dealkylation sites (tertiary alicyclic amines) is 1. The summed E-state index contributed by atoms with van der Waals surface area (Å²) < 4.78 is 0. The summed E-state index contributed by atoms with van der Waals surface area (Å²) in [6.07, 6.45) is 4.88. The zero-order valence-corrected chi connectivity index (χ0v) is 12.9. The van der Waals surface area contributed by atoms with Crippen LogP contribution in [0.2, 0.25) is 0 Å². The van der Waals surface area contributed by atoms with Crippen molar-refractivity contribution >= 4 is 5.91 Å². The summed E-state index contributed by atoms with van der Waals surface area (Å²) in [5.74, 6) is 0.769. The summed E-state index contributed by atoms with van der Waals surface area (Å²) in [6.45, 7) is 11.7. The molecule has 1 saturated heterocycles. The molecular weight excluding hydrogens is 238 g/mol. The molecule has 0 aromatic rings. The van der Waals surface area contributed by atoms with Crippen molar-refractivity contribution in [3.63, 3.8) is 0 Å². The maximum Gasteiger partial charge on any atom is 0.236 e. The summed E-state index contributed by atoms with van der Waals surface area (Å²) in [5.41, 5.74) is 0. The number of hydrogen-bond donors (Lipinski definition) is 2. The highest BCUT2D eigenvalue weighted by atomic mass is 16.2. The number of carbonyl (C=O) groups is 1. The molecule has 4 nitrogen and oxygen atoms in total. The molecule has 0 bridgehead atoms. The third-order valence-electron chi connectivity index (χ3n) is 3.71. The Labute approximate surface area is 118 Å². The molecule has 1 aliphatic rings. The van der Waals surface area contributed by atoms with Crippen molar-refractivity contribution in [1.29, 1.82) is 0 Å². The summed E-state index contributed by atoms with van der Waals surface area (Å²) >= 11 is 0. The molecular formula is C15H31N3O. The first-order valence-corrected chi connectivity index (χ1v) is 7.83. The lowest BCUT2D eigenvalue weighted by Crippen LogP contribution is -2.43. The third kappa shape index (κ3) is 7.53. The lowest BCUT2D eigenvalue weighted by atomic mass is 10.1. The molecule has 0 saturated carbocycles. The first-order valence-electron chi connectivity index (χ1n) is 7.83. The first-order chi connectivity index (χ1) is 9.09. The minimum Gasteiger partial charge on any atom is -0.355 e. The van der Waals surface area contributed by atoms with E-state index >= 15 is 0 Å². The minimum absolute atomic E-state index is 0.0780. The molecule has 0 aromatic carbocycles. The van der Waals surface area contributed by atoms with Crippen LogP contribution in [-0.4, -0.2) is 49.6 Å². The zero-order chi connectivity index (χ0) is 14.1. The molecule has 2 N–H and O–H groups in total. The number of carbonyl (C=O) groups excluding carboxylic acids is 1. The highest BCUT2D eigenvalue weighted by Gasteiger charge is 2.13. The van der Waals surface area contributed by atoms with Crippen LogP contribution in [0.3, 0.4) is 0 Å². The van der Waals surface area contributed by atoms with Crippen molar-refractivity contribution < 1.29 is 4.79 Å². The second kappa shape index (κ2) is 9.32. The number of rotatable bonds is 9. The number of nitrogens with one attached hydrogen (secondary N) is 2. The molecule has 1 aliphatic heterocycles. The smallest absolute Gasteiger partial charge is 0.236 e. The Morgan fingerprint density at radius 2 is 1.84 bits per heavy atom. The van der Waals surface area contributed by atoms with Gasteiger partial charge in [-0.25, -0.2) is 0 Å². The molecule has 0 spiro atoms. The second-order valence-corrected chi connectivity index (χ2v) is 6.05. The fraction of sp³-hybridized carbons (Fsp3) is 0.933. The van der Waals surface area contributed by atoms with Crippen LogP contribution in [0.5, 0.6) is 0 Å². The number of nitrogens with zero attached hydrogens (tertiary/aromatic N) is 1. The van der Waals surface area contributed by atoms with Gasteiger partial charge in [-0.3, -0.25) is 4.79 Å². The van der Waals surface area contributed by atoms with E-state index in [0.717, 1.165) is 32.5 Å². The molecule has 1 atom stereocenters. The van der Waals surface area contributed by atoms with Crippen LogP contribution in [0.15, 0.2) is 0 Å². The summed E-state index contributed by atoms with van der Waals surface area (Å²) in [5, 5.41) is 6.29. The van der Waals surface area contributed by atoms with Gasteiger partial charge < -0.3 is 15.5 Å². The third-order valence-corrected chi connectivity index (χ3v) is 3.71. The zero-order valence-electron chi connectivity index (χ0n) is 12.9. The van der Waals surface area contributed by atoms with Gasteiger partial charge in [0.2, 0.25) is 5.91 Å². The summed E-state index contributed by atoms with van der Waals surface area (Å²) in [7, 11) is 0. The lowest BCUT2D eigenvalue weighted by molar-refractivity contribution is -0.122. The standard InChI is InChI=1S/C15H31N3O/c1-13(2)7-9-17-15(19)14(3)16-8-6-12-18-10-4-5-11-18/h13-14,16H,4-12H2,1-3H3,(H,17,19). The second-order valence-electron chi connectivity index (χ2n) is 6.05. The van der Waals surface area contributed by atoms with Crippen LogP contribution in [0.1, 0.15) is 46.5 Å². The fourth-order valence-electron chi connectivity index (χ4n) is 2.36. The highest BCUT2D eigenvalue weighted by Crippen LogP contribution is 2.06. The van der Waals surface area contributed by atoms with Gasteiger partial charge in [-0.05, 0) is 64.7 Å². The Morgan fingerprint density at radius 3 is 2.47 bits per heavy atom. The van der Waals surface area contributed by atoms with Gasteiger partial charge in [-0.1, -0.05) is 13.8 Å². The Balaban J connectivity index is 1.99. The van der Waals surface area contributed by atoms with Gasteiger partial charge in [-0.15, -0.1) is 0 Å². The minimum atomic E-state index is -0.0780.